The number of aliphatic carboxylic acids is 1. The molecule has 5 heteroatoms. The van der Waals surface area contributed by atoms with Crippen molar-refractivity contribution in [2.24, 2.45) is 0 Å². The maximum atomic E-state index is 10.4. The Morgan fingerprint density at radius 1 is 1.29 bits per heavy atom. The van der Waals surface area contributed by atoms with Crippen molar-refractivity contribution >= 4 is 38.9 Å². The minimum absolute atomic E-state index is 0.230. The second-order valence-electron chi connectivity index (χ2n) is 3.85. The van der Waals surface area contributed by atoms with E-state index in [9.17, 15) is 4.79 Å². The van der Waals surface area contributed by atoms with Gasteiger partial charge in [-0.3, -0.25) is 0 Å². The van der Waals surface area contributed by atoms with Crippen LogP contribution >= 0.6 is 11.8 Å². The Bertz CT molecular complexity index is 179. The molecule has 0 rings (SSSR count). The molecule has 0 fully saturated rings. The number of thioether (sulfide) groups is 1. The molecule has 2 radical (unpaired) electrons. The van der Waals surface area contributed by atoms with Gasteiger partial charge in [-0.2, -0.15) is 0 Å². The maximum absolute atomic E-state index is 10.4. The van der Waals surface area contributed by atoms with Crippen LogP contribution in [0.1, 0.15) is 46.0 Å². The van der Waals surface area contributed by atoms with E-state index in [0.29, 0.717) is 0 Å². The summed E-state index contributed by atoms with van der Waals surface area (Å²) in [4.78, 5) is 15.0. The van der Waals surface area contributed by atoms with Crippen LogP contribution in [-0.4, -0.2) is 48.0 Å². The molecular weight excluding hydrogens is 343 g/mol. The summed E-state index contributed by atoms with van der Waals surface area (Å²) in [6.07, 6.45) is 5.38. The van der Waals surface area contributed by atoms with E-state index in [0.717, 1.165) is 31.0 Å². The number of carboxylic acids is 1. The summed E-state index contributed by atoms with van der Waals surface area (Å²) in [5.41, 5.74) is -1.26. The number of hydrogen-bond acceptors (Lipinski definition) is 3. The Balaban J connectivity index is 0. The Hall–Kier alpha value is 0.579. The first kappa shape index (κ1) is 19.9. The van der Waals surface area contributed by atoms with Gasteiger partial charge in [-0.15, -0.1) is 11.8 Å². The molecule has 0 aromatic heterocycles. The molecule has 17 heavy (non-hydrogen) atoms. The number of aliphatic hydroxyl groups is 1. The number of hydrogen-bond donors (Lipinski definition) is 2. The van der Waals surface area contributed by atoms with Gasteiger partial charge >= 0.3 is 37.0 Å². The van der Waals surface area contributed by atoms with E-state index in [1.807, 2.05) is 6.92 Å². The molecule has 0 amide bonds. The van der Waals surface area contributed by atoms with Gasteiger partial charge in [0, 0.05) is 5.25 Å². The zero-order valence-electron chi connectivity index (χ0n) is 11.4. The predicted molar refractivity (Wildman–Crippen MR) is 76.9 cm³/mol. The van der Waals surface area contributed by atoms with Gasteiger partial charge < -0.3 is 10.2 Å². The molecule has 0 aromatic rings. The van der Waals surface area contributed by atoms with Crippen LogP contribution in [0.15, 0.2) is 0 Å². The Morgan fingerprint density at radius 3 is 2.18 bits per heavy atom. The van der Waals surface area contributed by atoms with Crippen LogP contribution in [0.5, 0.6) is 0 Å². The van der Waals surface area contributed by atoms with Crippen molar-refractivity contribution in [1.29, 1.82) is 0 Å². The molecule has 102 valence electrons. The number of carboxylic acid groups (broad SMARTS) is 1. The van der Waals surface area contributed by atoms with Gasteiger partial charge in [-0.25, -0.2) is 4.79 Å². The van der Waals surface area contributed by atoms with E-state index in [1.165, 1.54) is 12.8 Å². The molecule has 0 heterocycles. The Kier molecular flexibility index (Phi) is 17.1. The van der Waals surface area contributed by atoms with Crippen molar-refractivity contribution in [2.45, 2.75) is 66.5 Å². The van der Waals surface area contributed by atoms with Crippen molar-refractivity contribution < 1.29 is 15.0 Å². The number of aliphatic hydroxyl groups excluding tert-OH is 1. The van der Waals surface area contributed by atoms with Crippen LogP contribution in [0.25, 0.3) is 0 Å². The first-order valence-electron chi connectivity index (χ1n) is 6.18. The van der Waals surface area contributed by atoms with Gasteiger partial charge in [0.15, 0.2) is 5.44 Å². The zero-order chi connectivity index (χ0) is 13.7. The molecule has 0 saturated heterocycles. The topological polar surface area (TPSA) is 57.5 Å². The van der Waals surface area contributed by atoms with Crippen LogP contribution in [0.3, 0.4) is 0 Å². The van der Waals surface area contributed by atoms with Crippen LogP contribution in [0.2, 0.25) is 9.88 Å². The van der Waals surface area contributed by atoms with Crippen LogP contribution in [-0.2, 0) is 4.79 Å². The summed E-state index contributed by atoms with van der Waals surface area (Å²) in [7, 11) is 0. The molecule has 0 aromatic carbocycles. The quantitative estimate of drug-likeness (QED) is 0.392. The van der Waals surface area contributed by atoms with E-state index >= 15 is 0 Å². The summed E-state index contributed by atoms with van der Waals surface area (Å²) in [5.74, 6) is -1.14. The van der Waals surface area contributed by atoms with Crippen LogP contribution in [0.4, 0.5) is 0 Å². The van der Waals surface area contributed by atoms with E-state index < -0.39 is 11.4 Å². The second-order valence-corrected chi connectivity index (χ2v) is 8.09. The van der Waals surface area contributed by atoms with Crippen LogP contribution < -0.4 is 0 Å². The van der Waals surface area contributed by atoms with Crippen molar-refractivity contribution in [3.63, 3.8) is 0 Å². The predicted octanol–water partition coefficient (Wildman–Crippen LogP) is 3.27. The fraction of sp³-hybridized carbons (Fsp3) is 0.917. The molecule has 0 aliphatic rings. The van der Waals surface area contributed by atoms with Crippen molar-refractivity contribution in [1.82, 2.24) is 0 Å². The standard InChI is InChI=1S/C10H20O3S.2CH3.Sn/c1-3-5-6-7-8(4-2)14-10(13)9(11)12;;;/h8,10,13H,3-7H2,1-2H3,(H,11,12);2*1H3;. The second kappa shape index (κ2) is 14.6. The Morgan fingerprint density at radius 2 is 1.82 bits per heavy atom. The van der Waals surface area contributed by atoms with Crippen molar-refractivity contribution in [2.75, 3.05) is 0 Å². The molecule has 0 saturated carbocycles. The van der Waals surface area contributed by atoms with E-state index in [4.69, 9.17) is 10.2 Å². The molecule has 2 N–H and O–H groups in total. The molecule has 0 spiro atoms. The normalized spacial score (nSPS) is 13.5. The summed E-state index contributed by atoms with van der Waals surface area (Å²) in [6.45, 7) is 4.17. The molecule has 2 unspecified atom stereocenters. The Labute approximate surface area is 120 Å². The third kappa shape index (κ3) is 14.5. The third-order valence-electron chi connectivity index (χ3n) is 2.12. The van der Waals surface area contributed by atoms with Gasteiger partial charge in [-0.05, 0) is 12.8 Å². The molecule has 0 aliphatic heterocycles. The summed E-state index contributed by atoms with van der Waals surface area (Å²) >= 11 is 1.39. The average molecular weight is 369 g/mol. The number of rotatable bonds is 8. The molecular formula is C12H26O3SSn. The average Bonchev–Trinajstić information content (AvgIpc) is 2.28. The number of unbranched alkanes of at least 4 members (excludes halogenated alkanes) is 2. The van der Waals surface area contributed by atoms with Gasteiger partial charge in [-0.1, -0.05) is 33.1 Å². The third-order valence-corrected chi connectivity index (χ3v) is 3.53. The summed E-state index contributed by atoms with van der Waals surface area (Å²) in [5, 5.41) is 17.9. The van der Waals surface area contributed by atoms with Gasteiger partial charge in [0.25, 0.3) is 0 Å². The minimum atomic E-state index is -1.26. The van der Waals surface area contributed by atoms with Crippen LogP contribution in [0, 0.1) is 0 Å². The summed E-state index contributed by atoms with van der Waals surface area (Å²) in [6, 6.07) is 0. The van der Waals surface area contributed by atoms with Crippen molar-refractivity contribution in [3.8, 4) is 0 Å². The first-order valence-corrected chi connectivity index (χ1v) is 12.8. The van der Waals surface area contributed by atoms with Gasteiger partial charge in [0.05, 0.1) is 0 Å². The van der Waals surface area contributed by atoms with Gasteiger partial charge in [0.2, 0.25) is 0 Å². The van der Waals surface area contributed by atoms with Gasteiger partial charge in [0.1, 0.15) is 0 Å². The molecule has 0 bridgehead atoms. The summed E-state index contributed by atoms with van der Waals surface area (Å²) < 4.78 is 0. The zero-order valence-corrected chi connectivity index (χ0v) is 15.1. The monoisotopic (exact) mass is 370 g/mol. The first-order chi connectivity index (χ1) is 8.03. The molecule has 2 atom stereocenters. The fourth-order valence-corrected chi connectivity index (χ4v) is 2.21. The van der Waals surface area contributed by atoms with E-state index in [2.05, 4.69) is 16.8 Å². The van der Waals surface area contributed by atoms with E-state index in [1.54, 1.807) is 0 Å². The molecule has 3 nitrogen and oxygen atoms in total. The SMILES string of the molecule is CCCCCC(CC)SC(O)C(=O)O.[CH3][Sn][CH3]. The number of carbonyl (C=O) groups is 1. The van der Waals surface area contributed by atoms with E-state index in [-0.39, 0.29) is 26.4 Å². The van der Waals surface area contributed by atoms with Crippen molar-refractivity contribution in [3.05, 3.63) is 0 Å². The molecule has 0 aliphatic carbocycles. The fourth-order valence-electron chi connectivity index (χ4n) is 1.23.